The van der Waals surface area contributed by atoms with Crippen molar-refractivity contribution in [2.45, 2.75) is 50.8 Å². The van der Waals surface area contributed by atoms with Crippen LogP contribution in [0, 0.1) is 0 Å². The summed E-state index contributed by atoms with van der Waals surface area (Å²) in [5, 5.41) is 0. The van der Waals surface area contributed by atoms with E-state index in [1.165, 1.54) is 12.2 Å². The molecule has 4 atom stereocenters. The molecule has 5 rings (SSSR count). The minimum absolute atomic E-state index is 0.175. The summed E-state index contributed by atoms with van der Waals surface area (Å²) in [6.45, 7) is 4.07. The van der Waals surface area contributed by atoms with Crippen LogP contribution in [0.1, 0.15) is 51.8 Å². The van der Waals surface area contributed by atoms with Crippen LogP contribution in [-0.4, -0.2) is 35.9 Å². The molecule has 2 saturated heterocycles. The van der Waals surface area contributed by atoms with Gasteiger partial charge in [0, 0.05) is 11.1 Å². The van der Waals surface area contributed by atoms with Gasteiger partial charge in [-0.3, -0.25) is 9.59 Å². The van der Waals surface area contributed by atoms with Crippen LogP contribution in [0.15, 0.2) is 60.7 Å². The van der Waals surface area contributed by atoms with Gasteiger partial charge in [0.2, 0.25) is 0 Å². The van der Waals surface area contributed by atoms with E-state index in [9.17, 15) is 9.59 Å². The Labute approximate surface area is 174 Å². The van der Waals surface area contributed by atoms with Gasteiger partial charge >= 0.3 is 0 Å². The van der Waals surface area contributed by atoms with Gasteiger partial charge in [0.25, 0.3) is 0 Å². The fourth-order valence-electron chi connectivity index (χ4n) is 4.18. The lowest BCUT2D eigenvalue weighted by molar-refractivity contribution is -0.220. The predicted octanol–water partition coefficient (Wildman–Crippen LogP) is 3.76. The van der Waals surface area contributed by atoms with Gasteiger partial charge in [0.05, 0.1) is 6.61 Å². The average Bonchev–Trinajstić information content (AvgIpc) is 3.21. The maximum absolute atomic E-state index is 12.3. The molecule has 6 nitrogen and oxygen atoms in total. The zero-order chi connectivity index (χ0) is 20.9. The Bertz CT molecular complexity index is 1030. The Morgan fingerprint density at radius 2 is 1.67 bits per heavy atom. The molecule has 3 aliphatic rings. The van der Waals surface area contributed by atoms with Crippen molar-refractivity contribution in [2.24, 2.45) is 0 Å². The largest absolute Gasteiger partial charge is 0.368 e. The molecule has 1 aliphatic carbocycles. The van der Waals surface area contributed by atoms with E-state index < -0.39 is 30.4 Å². The van der Waals surface area contributed by atoms with E-state index in [2.05, 4.69) is 0 Å². The highest BCUT2D eigenvalue weighted by Gasteiger charge is 2.55. The highest BCUT2D eigenvalue weighted by molar-refractivity contribution is 6.22. The summed E-state index contributed by atoms with van der Waals surface area (Å²) in [7, 11) is 0. The topological polar surface area (TPSA) is 71.1 Å². The second kappa shape index (κ2) is 7.25. The fourth-order valence-corrected chi connectivity index (χ4v) is 4.18. The van der Waals surface area contributed by atoms with Gasteiger partial charge in [-0.1, -0.05) is 36.4 Å². The maximum atomic E-state index is 12.3. The molecular formula is C24H22O6. The lowest BCUT2D eigenvalue weighted by Gasteiger charge is -2.26. The van der Waals surface area contributed by atoms with E-state index in [4.69, 9.17) is 18.9 Å². The van der Waals surface area contributed by atoms with E-state index in [1.54, 1.807) is 18.2 Å². The van der Waals surface area contributed by atoms with Gasteiger partial charge < -0.3 is 18.9 Å². The van der Waals surface area contributed by atoms with Crippen LogP contribution >= 0.6 is 0 Å². The number of hydrogen-bond donors (Lipinski definition) is 0. The lowest BCUT2D eigenvalue weighted by atomic mass is 9.90. The third-order valence-corrected chi connectivity index (χ3v) is 5.57. The number of rotatable bonds is 4. The van der Waals surface area contributed by atoms with Crippen LogP contribution in [0.2, 0.25) is 0 Å². The second-order valence-electron chi connectivity index (χ2n) is 8.15. The predicted molar refractivity (Wildman–Crippen MR) is 107 cm³/mol. The number of allylic oxidation sites excluding steroid dienone is 2. The first-order valence-electron chi connectivity index (χ1n) is 9.99. The minimum Gasteiger partial charge on any atom is -0.368 e. The average molecular weight is 406 g/mol. The number of ether oxygens (including phenoxy) is 4. The van der Waals surface area contributed by atoms with Crippen LogP contribution in [0.4, 0.5) is 0 Å². The zero-order valence-corrected chi connectivity index (χ0v) is 16.7. The summed E-state index contributed by atoms with van der Waals surface area (Å²) in [5.41, 5.74) is 2.57. The van der Waals surface area contributed by atoms with E-state index >= 15 is 0 Å². The standard InChI is InChI=1S/C24H22O6/c1-24(2)29-22-21(27-13-14-6-4-3-5-7-14)20(28-23(22)30-24)15-8-9-16-17(12-15)19(26)11-10-18(16)25/h3-12,20-23H,13H2,1-2H3/t20-,21+,22-,23-/m1/s1. The lowest BCUT2D eigenvalue weighted by Crippen LogP contribution is -2.33. The van der Waals surface area contributed by atoms with Crippen molar-refractivity contribution in [3.8, 4) is 0 Å². The molecule has 0 radical (unpaired) electrons. The molecule has 2 aliphatic heterocycles. The Hall–Kier alpha value is -2.64. The van der Waals surface area contributed by atoms with Crippen LogP contribution in [-0.2, 0) is 25.6 Å². The van der Waals surface area contributed by atoms with E-state index in [1.807, 2.05) is 44.2 Å². The molecule has 0 bridgehead atoms. The molecule has 30 heavy (non-hydrogen) atoms. The number of carbonyl (C=O) groups is 2. The Morgan fingerprint density at radius 3 is 2.43 bits per heavy atom. The van der Waals surface area contributed by atoms with Crippen LogP contribution < -0.4 is 0 Å². The first-order valence-corrected chi connectivity index (χ1v) is 9.99. The fraction of sp³-hybridized carbons (Fsp3) is 0.333. The molecule has 0 amide bonds. The molecule has 154 valence electrons. The van der Waals surface area contributed by atoms with Crippen LogP contribution in [0.3, 0.4) is 0 Å². The summed E-state index contributed by atoms with van der Waals surface area (Å²) < 4.78 is 24.4. The summed E-state index contributed by atoms with van der Waals surface area (Å²) in [6, 6.07) is 15.1. The van der Waals surface area contributed by atoms with Crippen molar-refractivity contribution in [2.75, 3.05) is 0 Å². The molecule has 2 aromatic rings. The van der Waals surface area contributed by atoms with Crippen molar-refractivity contribution in [3.63, 3.8) is 0 Å². The van der Waals surface area contributed by atoms with E-state index in [-0.39, 0.29) is 11.6 Å². The number of fused-ring (bicyclic) bond motifs is 2. The highest BCUT2D eigenvalue weighted by Crippen LogP contribution is 2.45. The van der Waals surface area contributed by atoms with E-state index in [0.717, 1.165) is 11.1 Å². The Balaban J connectivity index is 1.45. The van der Waals surface area contributed by atoms with Gasteiger partial charge in [-0.05, 0) is 49.3 Å². The normalized spacial score (nSPS) is 29.1. The van der Waals surface area contributed by atoms with Gasteiger partial charge in [0.1, 0.15) is 18.3 Å². The van der Waals surface area contributed by atoms with E-state index in [0.29, 0.717) is 17.7 Å². The summed E-state index contributed by atoms with van der Waals surface area (Å²) in [4.78, 5) is 24.4. The first-order chi connectivity index (χ1) is 14.4. The molecule has 0 N–H and O–H groups in total. The molecule has 2 fully saturated rings. The van der Waals surface area contributed by atoms with Crippen molar-refractivity contribution < 1.29 is 28.5 Å². The molecular weight excluding hydrogens is 384 g/mol. The summed E-state index contributed by atoms with van der Waals surface area (Å²) in [5.74, 6) is -1.14. The molecule has 6 heteroatoms. The third kappa shape index (κ3) is 3.42. The Kier molecular flexibility index (Phi) is 4.67. The second-order valence-corrected chi connectivity index (χ2v) is 8.15. The van der Waals surface area contributed by atoms with Gasteiger partial charge in [0.15, 0.2) is 23.6 Å². The van der Waals surface area contributed by atoms with Crippen LogP contribution in [0.25, 0.3) is 0 Å². The van der Waals surface area contributed by atoms with Gasteiger partial charge in [-0.2, -0.15) is 0 Å². The molecule has 0 saturated carbocycles. The molecule has 2 heterocycles. The van der Waals surface area contributed by atoms with Gasteiger partial charge in [-0.25, -0.2) is 0 Å². The third-order valence-electron chi connectivity index (χ3n) is 5.57. The van der Waals surface area contributed by atoms with Crippen molar-refractivity contribution >= 4 is 11.6 Å². The number of carbonyl (C=O) groups excluding carboxylic acids is 2. The Morgan fingerprint density at radius 1 is 0.933 bits per heavy atom. The minimum atomic E-state index is -0.766. The smallest absolute Gasteiger partial charge is 0.190 e. The zero-order valence-electron chi connectivity index (χ0n) is 16.7. The number of ketones is 2. The molecule has 0 unspecified atom stereocenters. The van der Waals surface area contributed by atoms with Gasteiger partial charge in [-0.15, -0.1) is 0 Å². The van der Waals surface area contributed by atoms with Crippen LogP contribution in [0.5, 0.6) is 0 Å². The highest BCUT2D eigenvalue weighted by atomic mass is 16.8. The molecule has 0 aromatic heterocycles. The number of benzene rings is 2. The summed E-state index contributed by atoms with van der Waals surface area (Å²) >= 11 is 0. The monoisotopic (exact) mass is 406 g/mol. The first kappa shape index (κ1) is 19.3. The molecule has 0 spiro atoms. The van der Waals surface area contributed by atoms with Crippen molar-refractivity contribution in [1.82, 2.24) is 0 Å². The summed E-state index contributed by atoms with van der Waals surface area (Å²) in [6.07, 6.45) is 0.715. The SMILES string of the molecule is CC1(C)O[C@H]2O[C@H](c3ccc4c(c3)C(=O)C=CC4=O)[C@H](OCc3ccccc3)[C@H]2O1. The number of hydrogen-bond acceptors (Lipinski definition) is 6. The van der Waals surface area contributed by atoms with Crippen molar-refractivity contribution in [1.29, 1.82) is 0 Å². The maximum Gasteiger partial charge on any atom is 0.190 e. The molecule has 2 aromatic carbocycles. The van der Waals surface area contributed by atoms with Crippen molar-refractivity contribution in [3.05, 3.63) is 82.9 Å². The quantitative estimate of drug-likeness (QED) is 0.770.